The highest BCUT2D eigenvalue weighted by Crippen LogP contribution is 2.31. The molecular formula is C15H22O3. The van der Waals surface area contributed by atoms with Crippen LogP contribution in [0.5, 0.6) is 11.5 Å². The van der Waals surface area contributed by atoms with Gasteiger partial charge in [-0.3, -0.25) is 0 Å². The first-order chi connectivity index (χ1) is 8.83. The number of methoxy groups -OCH3 is 1. The quantitative estimate of drug-likeness (QED) is 0.843. The topological polar surface area (TPSA) is 38.7 Å². The normalized spacial score (nSPS) is 17.7. The Morgan fingerprint density at radius 2 is 2.00 bits per heavy atom. The second-order valence-electron chi connectivity index (χ2n) is 4.98. The first kappa shape index (κ1) is 13.2. The van der Waals surface area contributed by atoms with Gasteiger partial charge in [0.1, 0.15) is 11.5 Å². The van der Waals surface area contributed by atoms with Gasteiger partial charge in [0, 0.05) is 18.6 Å². The van der Waals surface area contributed by atoms with E-state index in [1.54, 1.807) is 7.11 Å². The van der Waals surface area contributed by atoms with Crippen LogP contribution in [-0.4, -0.2) is 25.4 Å². The van der Waals surface area contributed by atoms with Gasteiger partial charge in [-0.2, -0.15) is 0 Å². The molecule has 3 nitrogen and oxygen atoms in total. The zero-order chi connectivity index (χ0) is 12.8. The highest BCUT2D eigenvalue weighted by atomic mass is 16.5. The fourth-order valence-corrected chi connectivity index (χ4v) is 2.66. The predicted molar refractivity (Wildman–Crippen MR) is 71.0 cm³/mol. The molecule has 100 valence electrons. The molecule has 0 radical (unpaired) electrons. The molecular weight excluding hydrogens is 228 g/mol. The third kappa shape index (κ3) is 3.39. The zero-order valence-electron chi connectivity index (χ0n) is 11.0. The minimum atomic E-state index is 0.217. The molecule has 1 aliphatic carbocycles. The Morgan fingerprint density at radius 1 is 1.28 bits per heavy atom. The van der Waals surface area contributed by atoms with Crippen molar-refractivity contribution >= 4 is 0 Å². The zero-order valence-corrected chi connectivity index (χ0v) is 11.0. The smallest absolute Gasteiger partial charge is 0.123 e. The number of ether oxygens (including phenoxy) is 2. The van der Waals surface area contributed by atoms with Crippen molar-refractivity contribution in [3.63, 3.8) is 0 Å². The van der Waals surface area contributed by atoms with Gasteiger partial charge >= 0.3 is 0 Å². The summed E-state index contributed by atoms with van der Waals surface area (Å²) in [5.74, 6) is 2.50. The van der Waals surface area contributed by atoms with Gasteiger partial charge in [0.2, 0.25) is 0 Å². The molecule has 3 heteroatoms. The molecule has 1 saturated carbocycles. The molecule has 0 heterocycles. The van der Waals surface area contributed by atoms with Crippen LogP contribution in [0.4, 0.5) is 0 Å². The maximum absolute atomic E-state index is 9.46. The lowest BCUT2D eigenvalue weighted by atomic mass is 9.92. The van der Waals surface area contributed by atoms with Gasteiger partial charge in [-0.15, -0.1) is 0 Å². The fourth-order valence-electron chi connectivity index (χ4n) is 2.66. The largest absolute Gasteiger partial charge is 0.497 e. The van der Waals surface area contributed by atoms with Crippen LogP contribution < -0.4 is 9.47 Å². The van der Waals surface area contributed by atoms with E-state index in [-0.39, 0.29) is 12.5 Å². The van der Waals surface area contributed by atoms with Crippen molar-refractivity contribution in [1.29, 1.82) is 0 Å². The Labute approximate surface area is 109 Å². The van der Waals surface area contributed by atoms with E-state index >= 15 is 0 Å². The van der Waals surface area contributed by atoms with Gasteiger partial charge in [-0.25, -0.2) is 0 Å². The van der Waals surface area contributed by atoms with Gasteiger partial charge in [-0.05, 0) is 30.9 Å². The highest BCUT2D eigenvalue weighted by Gasteiger charge is 2.24. The van der Waals surface area contributed by atoms with Crippen LogP contribution in [0.1, 0.15) is 25.7 Å². The van der Waals surface area contributed by atoms with E-state index in [9.17, 15) is 5.11 Å². The number of aliphatic hydroxyl groups excluding tert-OH is 1. The van der Waals surface area contributed by atoms with Crippen molar-refractivity contribution in [3.05, 3.63) is 24.3 Å². The minimum Gasteiger partial charge on any atom is -0.497 e. The summed E-state index contributed by atoms with van der Waals surface area (Å²) in [6.45, 7) is 0.809. The van der Waals surface area contributed by atoms with Crippen molar-refractivity contribution < 1.29 is 14.6 Å². The van der Waals surface area contributed by atoms with E-state index < -0.39 is 0 Å². The lowest BCUT2D eigenvalue weighted by Gasteiger charge is -2.21. The molecule has 1 aromatic rings. The number of benzene rings is 1. The predicted octanol–water partition coefficient (Wildman–Crippen LogP) is 2.87. The molecule has 1 N–H and O–H groups in total. The number of aliphatic hydroxyl groups is 1. The van der Waals surface area contributed by atoms with Crippen LogP contribution in [0.3, 0.4) is 0 Å². The van der Waals surface area contributed by atoms with E-state index in [1.807, 2.05) is 24.3 Å². The lowest BCUT2D eigenvalue weighted by Crippen LogP contribution is -2.23. The lowest BCUT2D eigenvalue weighted by molar-refractivity contribution is 0.119. The summed E-state index contributed by atoms with van der Waals surface area (Å²) >= 11 is 0. The highest BCUT2D eigenvalue weighted by molar-refractivity contribution is 5.32. The molecule has 2 rings (SSSR count). The van der Waals surface area contributed by atoms with Crippen LogP contribution in [0.15, 0.2) is 24.3 Å². The number of hydrogen-bond acceptors (Lipinski definition) is 3. The van der Waals surface area contributed by atoms with Gasteiger partial charge in [0.15, 0.2) is 0 Å². The first-order valence-corrected chi connectivity index (χ1v) is 6.71. The van der Waals surface area contributed by atoms with Gasteiger partial charge in [0.25, 0.3) is 0 Å². The third-order valence-corrected chi connectivity index (χ3v) is 3.81. The maximum atomic E-state index is 9.46. The van der Waals surface area contributed by atoms with Crippen LogP contribution in [0, 0.1) is 11.8 Å². The summed E-state index contributed by atoms with van der Waals surface area (Å²) in [7, 11) is 1.65. The average molecular weight is 250 g/mol. The molecule has 1 fully saturated rings. The van der Waals surface area contributed by atoms with E-state index in [1.165, 1.54) is 25.7 Å². The van der Waals surface area contributed by atoms with Crippen LogP contribution in [-0.2, 0) is 0 Å². The molecule has 0 amide bonds. The summed E-state index contributed by atoms with van der Waals surface area (Å²) < 4.78 is 10.9. The number of rotatable bonds is 6. The summed E-state index contributed by atoms with van der Waals surface area (Å²) in [5, 5.41) is 9.46. The minimum absolute atomic E-state index is 0.217. The maximum Gasteiger partial charge on any atom is 0.123 e. The summed E-state index contributed by atoms with van der Waals surface area (Å²) in [6, 6.07) is 7.61. The van der Waals surface area contributed by atoms with Crippen molar-refractivity contribution in [1.82, 2.24) is 0 Å². The van der Waals surface area contributed by atoms with Crippen molar-refractivity contribution in [2.45, 2.75) is 25.7 Å². The van der Waals surface area contributed by atoms with Crippen molar-refractivity contribution in [2.75, 3.05) is 20.3 Å². The van der Waals surface area contributed by atoms with E-state index in [4.69, 9.17) is 9.47 Å². The van der Waals surface area contributed by atoms with Crippen LogP contribution in [0.25, 0.3) is 0 Å². The molecule has 1 unspecified atom stereocenters. The Kier molecular flexibility index (Phi) is 4.88. The van der Waals surface area contributed by atoms with Crippen molar-refractivity contribution in [3.8, 4) is 11.5 Å². The summed E-state index contributed by atoms with van der Waals surface area (Å²) in [5.41, 5.74) is 0. The Morgan fingerprint density at radius 3 is 2.67 bits per heavy atom. The monoisotopic (exact) mass is 250 g/mol. The Balaban J connectivity index is 1.88. The van der Waals surface area contributed by atoms with Crippen LogP contribution >= 0.6 is 0 Å². The molecule has 0 spiro atoms. The molecule has 1 atom stereocenters. The average Bonchev–Trinajstić information content (AvgIpc) is 2.94. The van der Waals surface area contributed by atoms with E-state index in [0.29, 0.717) is 12.5 Å². The molecule has 1 aliphatic rings. The Hall–Kier alpha value is -1.22. The van der Waals surface area contributed by atoms with Crippen molar-refractivity contribution in [2.24, 2.45) is 11.8 Å². The summed E-state index contributed by atoms with van der Waals surface area (Å²) in [4.78, 5) is 0. The second-order valence-corrected chi connectivity index (χ2v) is 4.98. The standard InChI is InChI=1S/C15H22O3/c1-17-14-7-4-8-15(9-14)18-11-13(10-16)12-5-2-3-6-12/h4,7-9,12-13,16H,2-3,5-6,10-11H2,1H3. The SMILES string of the molecule is COc1cccc(OCC(CO)C2CCCC2)c1. The second kappa shape index (κ2) is 6.64. The summed E-state index contributed by atoms with van der Waals surface area (Å²) in [6.07, 6.45) is 5.04. The van der Waals surface area contributed by atoms with Gasteiger partial charge in [-0.1, -0.05) is 18.9 Å². The van der Waals surface area contributed by atoms with E-state index in [2.05, 4.69) is 0 Å². The van der Waals surface area contributed by atoms with Gasteiger partial charge < -0.3 is 14.6 Å². The molecule has 1 aromatic carbocycles. The van der Waals surface area contributed by atoms with E-state index in [0.717, 1.165) is 11.5 Å². The molecule has 0 aromatic heterocycles. The molecule has 0 aliphatic heterocycles. The number of hydrogen-bond donors (Lipinski definition) is 1. The first-order valence-electron chi connectivity index (χ1n) is 6.71. The molecule has 0 saturated heterocycles. The molecule has 18 heavy (non-hydrogen) atoms. The Bertz CT molecular complexity index is 359. The fraction of sp³-hybridized carbons (Fsp3) is 0.600. The molecule has 0 bridgehead atoms. The van der Waals surface area contributed by atoms with Crippen LogP contribution in [0.2, 0.25) is 0 Å². The van der Waals surface area contributed by atoms with Gasteiger partial charge in [0.05, 0.1) is 13.7 Å². The third-order valence-electron chi connectivity index (χ3n) is 3.81.